The fourth-order valence-corrected chi connectivity index (χ4v) is 3.76. The van der Waals surface area contributed by atoms with Gasteiger partial charge in [0, 0.05) is 13.1 Å². The Labute approximate surface area is 109 Å². The molecule has 4 nitrogen and oxygen atoms in total. The molecule has 2 heterocycles. The molecule has 3 fully saturated rings. The second-order valence-corrected chi connectivity index (χ2v) is 6.22. The van der Waals surface area contributed by atoms with Crippen LogP contribution in [0.3, 0.4) is 0 Å². The molecule has 2 N–H and O–H groups in total. The zero-order chi connectivity index (χ0) is 12.4. The Balaban J connectivity index is 1.52. The van der Waals surface area contributed by atoms with E-state index in [0.29, 0.717) is 12.0 Å². The molecule has 2 aliphatic heterocycles. The second kappa shape index (κ2) is 5.47. The normalized spacial score (nSPS) is 34.0. The highest BCUT2D eigenvalue weighted by molar-refractivity contribution is 5.77. The van der Waals surface area contributed by atoms with Gasteiger partial charge >= 0.3 is 6.03 Å². The molecule has 2 atom stereocenters. The van der Waals surface area contributed by atoms with Crippen molar-refractivity contribution < 1.29 is 4.79 Å². The van der Waals surface area contributed by atoms with E-state index in [4.69, 9.17) is 0 Å². The smallest absolute Gasteiger partial charge is 0.317 e. The van der Waals surface area contributed by atoms with E-state index in [1.54, 1.807) is 0 Å². The first-order valence-electron chi connectivity index (χ1n) is 7.59. The predicted octanol–water partition coefficient (Wildman–Crippen LogP) is 1.57. The number of carbonyl (C=O) groups is 1. The molecule has 0 aromatic carbocycles. The Morgan fingerprint density at radius 1 is 1.17 bits per heavy atom. The lowest BCUT2D eigenvalue weighted by atomic mass is 9.84. The van der Waals surface area contributed by atoms with E-state index in [0.717, 1.165) is 32.1 Å². The van der Waals surface area contributed by atoms with Gasteiger partial charge in [-0.3, -0.25) is 0 Å². The van der Waals surface area contributed by atoms with Crippen LogP contribution >= 0.6 is 0 Å². The molecule has 0 bridgehead atoms. The van der Waals surface area contributed by atoms with Crippen LogP contribution in [0.15, 0.2) is 0 Å². The average Bonchev–Trinajstić information content (AvgIpc) is 3.02. The monoisotopic (exact) mass is 251 g/mol. The minimum atomic E-state index is 0.178. The molecule has 1 aliphatic carbocycles. The molecule has 0 aromatic heterocycles. The Bertz CT molecular complexity index is 295. The van der Waals surface area contributed by atoms with Crippen LogP contribution in [0.4, 0.5) is 4.79 Å². The highest BCUT2D eigenvalue weighted by atomic mass is 16.2. The third-order valence-corrected chi connectivity index (χ3v) is 4.87. The van der Waals surface area contributed by atoms with Crippen LogP contribution in [0.2, 0.25) is 0 Å². The maximum absolute atomic E-state index is 12.0. The Kier molecular flexibility index (Phi) is 3.73. The summed E-state index contributed by atoms with van der Waals surface area (Å²) in [6.45, 7) is 4.09. The summed E-state index contributed by atoms with van der Waals surface area (Å²) in [5.74, 6) is 1.40. The van der Waals surface area contributed by atoms with E-state index >= 15 is 0 Å². The number of amides is 2. The zero-order valence-electron chi connectivity index (χ0n) is 11.2. The lowest BCUT2D eigenvalue weighted by molar-refractivity contribution is 0.209. The van der Waals surface area contributed by atoms with Crippen molar-refractivity contribution in [3.8, 4) is 0 Å². The molecule has 2 unspecified atom stereocenters. The van der Waals surface area contributed by atoms with Gasteiger partial charge in [-0.2, -0.15) is 0 Å². The van der Waals surface area contributed by atoms with Gasteiger partial charge in [-0.15, -0.1) is 0 Å². The van der Waals surface area contributed by atoms with Crippen LogP contribution in [0.25, 0.3) is 0 Å². The number of hydrogen-bond acceptors (Lipinski definition) is 2. The van der Waals surface area contributed by atoms with Crippen molar-refractivity contribution in [2.75, 3.05) is 26.2 Å². The van der Waals surface area contributed by atoms with Gasteiger partial charge in [0.25, 0.3) is 0 Å². The number of urea groups is 1. The van der Waals surface area contributed by atoms with E-state index in [1.807, 2.05) is 0 Å². The SMILES string of the molecule is O=C1NC(C2CCCCC2)CN1CC1CCNC1. The quantitative estimate of drug-likeness (QED) is 0.799. The van der Waals surface area contributed by atoms with E-state index < -0.39 is 0 Å². The van der Waals surface area contributed by atoms with Crippen molar-refractivity contribution in [2.45, 2.75) is 44.6 Å². The third kappa shape index (κ3) is 2.63. The van der Waals surface area contributed by atoms with Gasteiger partial charge in [-0.05, 0) is 44.2 Å². The molecule has 3 aliphatic rings. The summed E-state index contributed by atoms with van der Waals surface area (Å²) in [5, 5.41) is 6.59. The largest absolute Gasteiger partial charge is 0.333 e. The van der Waals surface area contributed by atoms with Crippen molar-refractivity contribution in [3.05, 3.63) is 0 Å². The summed E-state index contributed by atoms with van der Waals surface area (Å²) >= 11 is 0. The van der Waals surface area contributed by atoms with Crippen molar-refractivity contribution >= 4 is 6.03 Å². The number of nitrogens with one attached hydrogen (secondary N) is 2. The predicted molar refractivity (Wildman–Crippen MR) is 71.4 cm³/mol. The van der Waals surface area contributed by atoms with Crippen molar-refractivity contribution in [2.24, 2.45) is 11.8 Å². The van der Waals surface area contributed by atoms with Gasteiger partial charge in [-0.25, -0.2) is 4.79 Å². The van der Waals surface area contributed by atoms with Crippen molar-refractivity contribution in [3.63, 3.8) is 0 Å². The highest BCUT2D eigenvalue weighted by Crippen LogP contribution is 2.29. The molecule has 0 radical (unpaired) electrons. The first kappa shape index (κ1) is 12.3. The summed E-state index contributed by atoms with van der Waals surface area (Å²) in [4.78, 5) is 14.1. The Hall–Kier alpha value is -0.770. The lowest BCUT2D eigenvalue weighted by Crippen LogP contribution is -2.35. The average molecular weight is 251 g/mol. The van der Waals surface area contributed by atoms with Gasteiger partial charge in [0.15, 0.2) is 0 Å². The van der Waals surface area contributed by atoms with Gasteiger partial charge in [0.2, 0.25) is 0 Å². The first-order chi connectivity index (χ1) is 8.83. The lowest BCUT2D eigenvalue weighted by Gasteiger charge is -2.27. The summed E-state index contributed by atoms with van der Waals surface area (Å²) in [7, 11) is 0. The zero-order valence-corrected chi connectivity index (χ0v) is 11.2. The Morgan fingerprint density at radius 2 is 2.00 bits per heavy atom. The molecule has 4 heteroatoms. The van der Waals surface area contributed by atoms with Crippen LogP contribution in [0, 0.1) is 11.8 Å². The number of carbonyl (C=O) groups excluding carboxylic acids is 1. The van der Waals surface area contributed by atoms with Crippen molar-refractivity contribution in [1.29, 1.82) is 0 Å². The maximum Gasteiger partial charge on any atom is 0.317 e. The van der Waals surface area contributed by atoms with Gasteiger partial charge in [0.1, 0.15) is 0 Å². The molecule has 102 valence electrons. The molecular weight excluding hydrogens is 226 g/mol. The molecule has 3 rings (SSSR count). The van der Waals surface area contributed by atoms with Crippen LogP contribution in [0.1, 0.15) is 38.5 Å². The minimum Gasteiger partial charge on any atom is -0.333 e. The van der Waals surface area contributed by atoms with E-state index in [-0.39, 0.29) is 6.03 Å². The Morgan fingerprint density at radius 3 is 2.72 bits per heavy atom. The van der Waals surface area contributed by atoms with Crippen LogP contribution in [0.5, 0.6) is 0 Å². The van der Waals surface area contributed by atoms with Gasteiger partial charge < -0.3 is 15.5 Å². The number of nitrogens with zero attached hydrogens (tertiary/aromatic N) is 1. The van der Waals surface area contributed by atoms with E-state index in [1.165, 1.54) is 38.5 Å². The van der Waals surface area contributed by atoms with E-state index in [9.17, 15) is 4.79 Å². The summed E-state index contributed by atoms with van der Waals surface area (Å²) in [6.07, 6.45) is 7.92. The minimum absolute atomic E-state index is 0.178. The summed E-state index contributed by atoms with van der Waals surface area (Å²) in [5.41, 5.74) is 0. The topological polar surface area (TPSA) is 44.4 Å². The first-order valence-corrected chi connectivity index (χ1v) is 7.59. The molecule has 18 heavy (non-hydrogen) atoms. The van der Waals surface area contributed by atoms with E-state index in [2.05, 4.69) is 15.5 Å². The molecule has 2 amide bonds. The maximum atomic E-state index is 12.0. The van der Waals surface area contributed by atoms with Crippen LogP contribution in [-0.2, 0) is 0 Å². The fourth-order valence-electron chi connectivity index (χ4n) is 3.76. The standard InChI is InChI=1S/C14H25N3O/c18-14-16-13(12-4-2-1-3-5-12)10-17(14)9-11-6-7-15-8-11/h11-13,15H,1-10H2,(H,16,18). The molecule has 0 aromatic rings. The molecular formula is C14H25N3O. The van der Waals surface area contributed by atoms with Crippen LogP contribution < -0.4 is 10.6 Å². The van der Waals surface area contributed by atoms with Gasteiger partial charge in [-0.1, -0.05) is 19.3 Å². The number of hydrogen-bond donors (Lipinski definition) is 2. The molecule has 2 saturated heterocycles. The second-order valence-electron chi connectivity index (χ2n) is 6.22. The fraction of sp³-hybridized carbons (Fsp3) is 0.929. The molecule has 1 saturated carbocycles. The summed E-state index contributed by atoms with van der Waals surface area (Å²) < 4.78 is 0. The van der Waals surface area contributed by atoms with Gasteiger partial charge in [0.05, 0.1) is 6.04 Å². The highest BCUT2D eigenvalue weighted by Gasteiger charge is 2.35. The van der Waals surface area contributed by atoms with Crippen molar-refractivity contribution in [1.82, 2.24) is 15.5 Å². The summed E-state index contributed by atoms with van der Waals surface area (Å²) in [6, 6.07) is 0.602. The van der Waals surface area contributed by atoms with Crippen LogP contribution in [-0.4, -0.2) is 43.2 Å². The third-order valence-electron chi connectivity index (χ3n) is 4.87. The number of rotatable bonds is 3. The molecule has 0 spiro atoms.